The largest absolute Gasteiger partial charge is 0.447 e. The lowest BCUT2D eigenvalue weighted by atomic mass is 10.0. The molecule has 1 aromatic heterocycles. The predicted octanol–water partition coefficient (Wildman–Crippen LogP) is 1.92. The van der Waals surface area contributed by atoms with Gasteiger partial charge in [-0.3, -0.25) is 0 Å². The van der Waals surface area contributed by atoms with Crippen LogP contribution in [-0.4, -0.2) is 49.1 Å². The van der Waals surface area contributed by atoms with Gasteiger partial charge in [-0.25, -0.2) is 4.79 Å². The van der Waals surface area contributed by atoms with Crippen molar-refractivity contribution in [1.29, 1.82) is 0 Å². The molecule has 0 spiro atoms. The zero-order chi connectivity index (χ0) is 22.5. The van der Waals surface area contributed by atoms with Crippen LogP contribution in [-0.2, 0) is 17.6 Å². The summed E-state index contributed by atoms with van der Waals surface area (Å²) in [5.41, 5.74) is 1.74. The minimum absolute atomic E-state index is 0.0253. The minimum atomic E-state index is -2.79. The van der Waals surface area contributed by atoms with E-state index in [-0.39, 0.29) is 26.0 Å². The van der Waals surface area contributed by atoms with Crippen molar-refractivity contribution >= 4 is 17.0 Å². The molecule has 1 saturated heterocycles. The van der Waals surface area contributed by atoms with Crippen LogP contribution in [0.5, 0.6) is 0 Å². The van der Waals surface area contributed by atoms with E-state index in [1.54, 1.807) is 18.2 Å². The molecule has 3 rings (SSSR count). The zero-order valence-electron chi connectivity index (χ0n) is 20.3. The van der Waals surface area contributed by atoms with E-state index in [0.717, 1.165) is 4.98 Å². The molecule has 0 radical (unpaired) electrons. The maximum absolute atomic E-state index is 11.4. The number of aromatic amines is 1. The molecule has 0 saturated carbocycles. The molecule has 1 amide bonds. The number of carbonyl (C=O) groups is 1. The molecule has 1 aromatic carbocycles. The molecule has 21 heavy (non-hydrogen) atoms. The van der Waals surface area contributed by atoms with E-state index >= 15 is 0 Å². The van der Waals surface area contributed by atoms with Crippen molar-refractivity contribution in [1.82, 2.24) is 15.2 Å². The number of ether oxygens (including phenoxy) is 1. The first-order valence-corrected chi connectivity index (χ1v) is 6.58. The van der Waals surface area contributed by atoms with E-state index in [1.807, 2.05) is 0 Å². The summed E-state index contributed by atoms with van der Waals surface area (Å²) < 4.78 is 73.6. The topological polar surface area (TPSA) is 57.4 Å². The molecule has 0 bridgehead atoms. The molecule has 2 heterocycles. The van der Waals surface area contributed by atoms with Crippen molar-refractivity contribution in [2.24, 2.45) is 0 Å². The third-order valence-corrected chi connectivity index (χ3v) is 3.39. The number of H-pyrrole nitrogens is 1. The Balaban J connectivity index is 1.87. The van der Waals surface area contributed by atoms with Gasteiger partial charge < -0.3 is 19.9 Å². The Morgan fingerprint density at radius 1 is 1.57 bits per heavy atom. The zero-order valence-corrected chi connectivity index (χ0v) is 11.3. The standard InChI is InChI=1S/C16H21N3O2/c1-19(2)6-5-12-9-17-15-4-3-11(8-14(12)15)7-13-10-21-16(20)18-13/h3-4,8-9,13,17H,5-7,10H2,1-2H3,(H,18,20)/t13-/m0/s1/i1D3,2D3,13D/hD2. The lowest BCUT2D eigenvalue weighted by Gasteiger charge is -2.09. The van der Waals surface area contributed by atoms with Gasteiger partial charge in [0, 0.05) is 31.9 Å². The number of carbonyl (C=O) groups excluding carboxylic acids is 1. The Labute approximate surface area is 137 Å². The van der Waals surface area contributed by atoms with E-state index < -0.39 is 26.1 Å². The average molecular weight is 296 g/mol. The van der Waals surface area contributed by atoms with E-state index in [0.29, 0.717) is 32.2 Å². The molecule has 1 fully saturated rings. The second-order valence-corrected chi connectivity index (χ2v) is 4.95. The van der Waals surface area contributed by atoms with Crippen LogP contribution in [0.15, 0.2) is 24.4 Å². The molecule has 1 aliphatic rings. The summed E-state index contributed by atoms with van der Waals surface area (Å²) in [4.78, 5) is 13.0. The van der Waals surface area contributed by atoms with Crippen LogP contribution in [0, 0.1) is 0 Å². The second-order valence-electron chi connectivity index (χ2n) is 4.95. The number of nitrogens with zero attached hydrogens (tertiary/aromatic N) is 1. The SMILES string of the molecule is [2H]N1C(=O)OC[C@]1([2H])Cc1ccc2c(c1)c(CCN(C([2H])([2H])[2H])C([2H])([2H])[2H])cn2[2H]. The van der Waals surface area contributed by atoms with Crippen LogP contribution in [0.4, 0.5) is 4.79 Å². The number of amides is 1. The Morgan fingerprint density at radius 2 is 2.48 bits per heavy atom. The first-order valence-electron chi connectivity index (χ1n) is 11.0. The highest BCUT2D eigenvalue weighted by Gasteiger charge is 2.22. The normalized spacial score (nSPS) is 29.7. The van der Waals surface area contributed by atoms with Crippen LogP contribution >= 0.6 is 0 Å². The number of benzene rings is 1. The number of nitrogens with one attached hydrogen (secondary N) is 2. The Bertz CT molecular complexity index is 942. The summed E-state index contributed by atoms with van der Waals surface area (Å²) in [6.07, 6.45) is 0.706. The number of alkyl carbamates (subject to hydrolysis) is 1. The summed E-state index contributed by atoms with van der Waals surface area (Å²) in [6, 6.07) is 3.47. The first-order chi connectivity index (χ1) is 13.7. The first kappa shape index (κ1) is 6.83. The van der Waals surface area contributed by atoms with Crippen LogP contribution in [0.25, 0.3) is 10.9 Å². The van der Waals surface area contributed by atoms with E-state index in [9.17, 15) is 4.79 Å². The Hall–Kier alpha value is -2.01. The van der Waals surface area contributed by atoms with Gasteiger partial charge in [0.15, 0.2) is 2.82 Å². The third kappa shape index (κ3) is 3.19. The lowest BCUT2D eigenvalue weighted by Crippen LogP contribution is -2.28. The van der Waals surface area contributed by atoms with Gasteiger partial charge in [-0.05, 0) is 50.1 Å². The fraction of sp³-hybridized carbons (Fsp3) is 0.438. The lowest BCUT2D eigenvalue weighted by molar-refractivity contribution is 0.177. The molecule has 5 nitrogen and oxygen atoms in total. The van der Waals surface area contributed by atoms with Crippen LogP contribution in [0.3, 0.4) is 0 Å². The second kappa shape index (κ2) is 5.77. The van der Waals surface area contributed by atoms with E-state index in [4.69, 9.17) is 17.2 Å². The third-order valence-electron chi connectivity index (χ3n) is 3.39. The molecule has 1 aliphatic heterocycles. The smallest absolute Gasteiger partial charge is 0.407 e. The predicted molar refractivity (Wildman–Crippen MR) is 82.5 cm³/mol. The van der Waals surface area contributed by atoms with Gasteiger partial charge in [-0.15, -0.1) is 0 Å². The van der Waals surface area contributed by atoms with E-state index in [2.05, 4.69) is 0 Å². The molecular weight excluding hydrogens is 266 g/mol. The van der Waals surface area contributed by atoms with Crippen molar-refractivity contribution in [3.8, 4) is 0 Å². The number of hydrogen-bond acceptors (Lipinski definition) is 3. The van der Waals surface area contributed by atoms with E-state index in [1.165, 1.54) is 6.20 Å². The van der Waals surface area contributed by atoms with Gasteiger partial charge in [0.25, 0.3) is 0 Å². The van der Waals surface area contributed by atoms with Gasteiger partial charge in [0.2, 0.25) is 0 Å². The fourth-order valence-corrected chi connectivity index (χ4v) is 2.38. The number of hydrogen-bond donors (Lipinski definition) is 2. The summed E-state index contributed by atoms with van der Waals surface area (Å²) in [7, 11) is 0. The highest BCUT2D eigenvalue weighted by molar-refractivity contribution is 5.84. The Kier molecular flexibility index (Phi) is 1.88. The Morgan fingerprint density at radius 3 is 3.24 bits per heavy atom. The molecule has 112 valence electrons. The minimum Gasteiger partial charge on any atom is -0.447 e. The number of rotatable bonds is 5. The summed E-state index contributed by atoms with van der Waals surface area (Å²) >= 11 is 0. The number of cyclic esters (lactones) is 1. The fourth-order valence-electron chi connectivity index (χ4n) is 2.38. The molecule has 0 aliphatic carbocycles. The van der Waals surface area contributed by atoms with Crippen molar-refractivity contribution in [2.75, 3.05) is 27.1 Å². The summed E-state index contributed by atoms with van der Waals surface area (Å²) in [5.74, 6) is 0. The van der Waals surface area contributed by atoms with Gasteiger partial charge in [-0.1, -0.05) is 6.07 Å². The number of likely N-dealkylation sites (N-methyl/N-ethyl adjacent to an activating group) is 1. The molecular formula is C16H21N3O2. The summed E-state index contributed by atoms with van der Waals surface area (Å²) in [6.45, 7) is -6.09. The maximum atomic E-state index is 11.4. The molecule has 1 atom stereocenters. The highest BCUT2D eigenvalue weighted by Crippen LogP contribution is 2.21. The number of fused-ring (bicyclic) bond motifs is 1. The average Bonchev–Trinajstić information content (AvgIpc) is 3.04. The van der Waals surface area contributed by atoms with Crippen molar-refractivity contribution in [3.05, 3.63) is 35.5 Å². The van der Waals surface area contributed by atoms with Crippen molar-refractivity contribution in [3.63, 3.8) is 0 Å². The summed E-state index contributed by atoms with van der Waals surface area (Å²) in [5, 5.41) is 1.10. The quantitative estimate of drug-likeness (QED) is 0.886. The number of aromatic nitrogens is 1. The molecule has 2 aromatic rings. The molecule has 5 heteroatoms. The molecule has 2 N–H and O–H groups in total. The monoisotopic (exact) mass is 296 g/mol. The van der Waals surface area contributed by atoms with Gasteiger partial charge in [0.05, 0.1) is 7.39 Å². The van der Waals surface area contributed by atoms with Crippen molar-refractivity contribution in [2.45, 2.75) is 18.9 Å². The van der Waals surface area contributed by atoms with Gasteiger partial charge >= 0.3 is 6.09 Å². The maximum Gasteiger partial charge on any atom is 0.407 e. The van der Waals surface area contributed by atoms with Gasteiger partial charge in [-0.2, -0.15) is 0 Å². The van der Waals surface area contributed by atoms with Crippen molar-refractivity contribution < 1.29 is 22.0 Å². The van der Waals surface area contributed by atoms with Crippen LogP contribution in [0.2, 0.25) is 2.82 Å². The molecule has 0 unspecified atom stereocenters. The highest BCUT2D eigenvalue weighted by atomic mass is 16.6. The van der Waals surface area contributed by atoms with Crippen LogP contribution in [0.1, 0.15) is 20.7 Å². The van der Waals surface area contributed by atoms with Crippen LogP contribution < -0.4 is 5.31 Å². The van der Waals surface area contributed by atoms with Gasteiger partial charge in [0.1, 0.15) is 6.61 Å².